The smallest absolute Gasteiger partial charge is 0.104 e. The van der Waals surface area contributed by atoms with Crippen LogP contribution >= 0.6 is 11.8 Å². The summed E-state index contributed by atoms with van der Waals surface area (Å²) in [7, 11) is 1.91. The lowest BCUT2D eigenvalue weighted by Crippen LogP contribution is -1.87. The van der Waals surface area contributed by atoms with Crippen LogP contribution in [0.5, 0.6) is 0 Å². The van der Waals surface area contributed by atoms with Crippen LogP contribution < -0.4 is 0 Å². The summed E-state index contributed by atoms with van der Waals surface area (Å²) in [4.78, 5) is 1.14. The predicted molar refractivity (Wildman–Crippen MR) is 73.2 cm³/mol. The number of hydrogen-bond donors (Lipinski definition) is 1. The lowest BCUT2D eigenvalue weighted by atomic mass is 10.1. The van der Waals surface area contributed by atoms with E-state index in [2.05, 4.69) is 23.0 Å². The molecule has 18 heavy (non-hydrogen) atoms. The normalized spacial score (nSPS) is 9.89. The second-order valence-corrected chi connectivity index (χ2v) is 4.80. The van der Waals surface area contributed by atoms with Crippen LogP contribution in [0.15, 0.2) is 41.6 Å². The van der Waals surface area contributed by atoms with Gasteiger partial charge in [-0.05, 0) is 11.6 Å². The number of aromatic nitrogens is 2. The van der Waals surface area contributed by atoms with Gasteiger partial charge < -0.3 is 5.11 Å². The first-order chi connectivity index (χ1) is 8.79. The number of thioether (sulfide) groups is 1. The third-order valence-electron chi connectivity index (χ3n) is 2.40. The highest BCUT2D eigenvalue weighted by Crippen LogP contribution is 2.23. The quantitative estimate of drug-likeness (QED) is 0.676. The number of aliphatic hydroxyl groups excluding tert-OH is 1. The fourth-order valence-corrected chi connectivity index (χ4v) is 2.46. The standard InChI is InChI=1S/C14H14N2OS/c1-16-10-14(9-15-16)18-11-13-6-3-2-5-12(13)7-4-8-17/h2-3,5-6,9-10,17H,8,11H2,1H3. The van der Waals surface area contributed by atoms with Gasteiger partial charge in [0.1, 0.15) is 6.61 Å². The van der Waals surface area contributed by atoms with Gasteiger partial charge in [-0.25, -0.2) is 0 Å². The van der Waals surface area contributed by atoms with Crippen LogP contribution in [-0.4, -0.2) is 21.5 Å². The first kappa shape index (κ1) is 12.7. The average molecular weight is 258 g/mol. The molecule has 0 aliphatic carbocycles. The van der Waals surface area contributed by atoms with Gasteiger partial charge in [0, 0.05) is 29.5 Å². The molecule has 0 spiro atoms. The number of benzene rings is 1. The molecule has 92 valence electrons. The summed E-state index contributed by atoms with van der Waals surface area (Å²) in [6.45, 7) is -0.107. The van der Waals surface area contributed by atoms with E-state index in [0.29, 0.717) is 0 Å². The highest BCUT2D eigenvalue weighted by Gasteiger charge is 2.02. The average Bonchev–Trinajstić information content (AvgIpc) is 2.81. The maximum atomic E-state index is 8.74. The summed E-state index contributed by atoms with van der Waals surface area (Å²) in [5.74, 6) is 6.51. The number of aliphatic hydroxyl groups is 1. The second kappa shape index (κ2) is 6.29. The zero-order chi connectivity index (χ0) is 12.8. The molecule has 0 amide bonds. The van der Waals surface area contributed by atoms with E-state index >= 15 is 0 Å². The van der Waals surface area contributed by atoms with Crippen LogP contribution in [0.2, 0.25) is 0 Å². The Morgan fingerprint density at radius 2 is 2.22 bits per heavy atom. The van der Waals surface area contributed by atoms with Gasteiger partial charge in [0.25, 0.3) is 0 Å². The first-order valence-corrected chi connectivity index (χ1v) is 6.57. The van der Waals surface area contributed by atoms with Crippen LogP contribution in [0.1, 0.15) is 11.1 Å². The molecule has 1 aromatic carbocycles. The van der Waals surface area contributed by atoms with Crippen LogP contribution in [0.3, 0.4) is 0 Å². The van der Waals surface area contributed by atoms with Crippen LogP contribution in [0.4, 0.5) is 0 Å². The molecule has 0 fully saturated rings. The molecule has 3 nitrogen and oxygen atoms in total. The van der Waals surface area contributed by atoms with Crippen LogP contribution in [-0.2, 0) is 12.8 Å². The Labute approximate surface area is 111 Å². The lowest BCUT2D eigenvalue weighted by molar-refractivity contribution is 0.350. The molecule has 0 saturated carbocycles. The minimum atomic E-state index is -0.107. The molecule has 0 bridgehead atoms. The summed E-state index contributed by atoms with van der Waals surface area (Å²) in [5, 5.41) is 12.9. The van der Waals surface area contributed by atoms with Crippen molar-refractivity contribution in [3.05, 3.63) is 47.8 Å². The summed E-state index contributed by atoms with van der Waals surface area (Å²) < 4.78 is 1.79. The largest absolute Gasteiger partial charge is 0.384 e. The molecule has 0 atom stereocenters. The van der Waals surface area contributed by atoms with Crippen LogP contribution in [0, 0.1) is 11.8 Å². The van der Waals surface area contributed by atoms with E-state index in [1.165, 1.54) is 5.56 Å². The van der Waals surface area contributed by atoms with Gasteiger partial charge in [-0.15, -0.1) is 11.8 Å². The van der Waals surface area contributed by atoms with E-state index in [0.717, 1.165) is 16.2 Å². The summed E-state index contributed by atoms with van der Waals surface area (Å²) in [6, 6.07) is 8.00. The van der Waals surface area contributed by atoms with E-state index in [1.807, 2.05) is 37.6 Å². The van der Waals surface area contributed by atoms with E-state index in [-0.39, 0.29) is 6.61 Å². The number of nitrogens with zero attached hydrogens (tertiary/aromatic N) is 2. The maximum absolute atomic E-state index is 8.74. The Bertz CT molecular complexity index is 581. The summed E-state index contributed by atoms with van der Waals surface area (Å²) in [6.07, 6.45) is 3.85. The molecule has 4 heteroatoms. The molecule has 0 saturated heterocycles. The molecule has 0 radical (unpaired) electrons. The Kier molecular flexibility index (Phi) is 4.46. The molecule has 0 aliphatic heterocycles. The van der Waals surface area contributed by atoms with Crippen molar-refractivity contribution >= 4 is 11.8 Å². The molecular formula is C14H14N2OS. The SMILES string of the molecule is Cn1cc(SCc2ccccc2C#CCO)cn1. The van der Waals surface area contributed by atoms with Gasteiger partial charge in [0.05, 0.1) is 6.20 Å². The van der Waals surface area contributed by atoms with Crippen molar-refractivity contribution in [2.45, 2.75) is 10.6 Å². The molecule has 1 aromatic heterocycles. The fourth-order valence-electron chi connectivity index (χ4n) is 1.54. The van der Waals surface area contributed by atoms with Crippen molar-refractivity contribution in [1.82, 2.24) is 9.78 Å². The Morgan fingerprint density at radius 1 is 1.39 bits per heavy atom. The van der Waals surface area contributed by atoms with E-state index < -0.39 is 0 Å². The van der Waals surface area contributed by atoms with E-state index in [4.69, 9.17) is 5.11 Å². The molecule has 1 heterocycles. The van der Waals surface area contributed by atoms with Crippen molar-refractivity contribution in [2.24, 2.45) is 7.05 Å². The third-order valence-corrected chi connectivity index (χ3v) is 3.39. The molecule has 2 aromatic rings. The Hall–Kier alpha value is -1.70. The van der Waals surface area contributed by atoms with E-state index in [1.54, 1.807) is 16.4 Å². The monoisotopic (exact) mass is 258 g/mol. The predicted octanol–water partition coefficient (Wildman–Crippen LogP) is 2.06. The number of rotatable bonds is 3. The third kappa shape index (κ3) is 3.39. The molecule has 0 aliphatic rings. The van der Waals surface area contributed by atoms with Gasteiger partial charge in [-0.2, -0.15) is 5.10 Å². The van der Waals surface area contributed by atoms with Crippen molar-refractivity contribution < 1.29 is 5.11 Å². The van der Waals surface area contributed by atoms with Gasteiger partial charge in [-0.3, -0.25) is 4.68 Å². The Balaban J connectivity index is 2.09. The number of hydrogen-bond acceptors (Lipinski definition) is 3. The first-order valence-electron chi connectivity index (χ1n) is 5.58. The van der Waals surface area contributed by atoms with Crippen molar-refractivity contribution in [3.63, 3.8) is 0 Å². The molecule has 2 rings (SSSR count). The summed E-state index contributed by atoms with van der Waals surface area (Å²) in [5.41, 5.74) is 2.15. The molecular weight excluding hydrogens is 244 g/mol. The summed E-state index contributed by atoms with van der Waals surface area (Å²) >= 11 is 1.73. The van der Waals surface area contributed by atoms with Gasteiger partial charge in [0.2, 0.25) is 0 Å². The van der Waals surface area contributed by atoms with E-state index in [9.17, 15) is 0 Å². The van der Waals surface area contributed by atoms with Crippen LogP contribution in [0.25, 0.3) is 0 Å². The minimum Gasteiger partial charge on any atom is -0.384 e. The lowest BCUT2D eigenvalue weighted by Gasteiger charge is -2.02. The maximum Gasteiger partial charge on any atom is 0.104 e. The van der Waals surface area contributed by atoms with Crippen molar-refractivity contribution in [1.29, 1.82) is 0 Å². The zero-order valence-corrected chi connectivity index (χ0v) is 10.9. The number of aryl methyl sites for hydroxylation is 1. The van der Waals surface area contributed by atoms with Gasteiger partial charge in [0.15, 0.2) is 0 Å². The highest BCUT2D eigenvalue weighted by molar-refractivity contribution is 7.98. The van der Waals surface area contributed by atoms with Crippen molar-refractivity contribution in [3.8, 4) is 11.8 Å². The zero-order valence-electron chi connectivity index (χ0n) is 10.1. The van der Waals surface area contributed by atoms with Gasteiger partial charge >= 0.3 is 0 Å². The fraction of sp³-hybridized carbons (Fsp3) is 0.214. The van der Waals surface area contributed by atoms with Gasteiger partial charge in [-0.1, -0.05) is 30.0 Å². The topological polar surface area (TPSA) is 38.0 Å². The molecule has 1 N–H and O–H groups in total. The van der Waals surface area contributed by atoms with Crippen molar-refractivity contribution in [2.75, 3.05) is 6.61 Å². The molecule has 0 unspecified atom stereocenters. The minimum absolute atomic E-state index is 0.107. The second-order valence-electron chi connectivity index (χ2n) is 3.76. The Morgan fingerprint density at radius 3 is 2.94 bits per heavy atom. The highest BCUT2D eigenvalue weighted by atomic mass is 32.2.